The molecular formula is C22H27FN6O2. The molecule has 4 rings (SSSR count). The van der Waals surface area contributed by atoms with Gasteiger partial charge < -0.3 is 20.1 Å². The topological polar surface area (TPSA) is 86.3 Å². The van der Waals surface area contributed by atoms with Gasteiger partial charge in [-0.15, -0.1) is 0 Å². The summed E-state index contributed by atoms with van der Waals surface area (Å²) in [5.41, 5.74) is 3.43. The van der Waals surface area contributed by atoms with E-state index in [-0.39, 0.29) is 17.6 Å². The fourth-order valence-electron chi connectivity index (χ4n) is 4.12. The van der Waals surface area contributed by atoms with Gasteiger partial charge in [0.1, 0.15) is 5.82 Å². The number of amides is 2. The van der Waals surface area contributed by atoms with Crippen LogP contribution in [-0.4, -0.2) is 70.1 Å². The highest BCUT2D eigenvalue weighted by atomic mass is 19.1. The summed E-state index contributed by atoms with van der Waals surface area (Å²) in [5, 5.41) is 8.27. The molecule has 0 fully saturated rings. The van der Waals surface area contributed by atoms with Crippen LogP contribution in [0.1, 0.15) is 22.7 Å². The summed E-state index contributed by atoms with van der Waals surface area (Å²) in [6.07, 6.45) is 4.28. The maximum absolute atomic E-state index is 13.6. The van der Waals surface area contributed by atoms with E-state index < -0.39 is 5.92 Å². The fraction of sp³-hybridized carbons (Fsp3) is 0.409. The highest BCUT2D eigenvalue weighted by Crippen LogP contribution is 2.27. The molecule has 0 saturated carbocycles. The van der Waals surface area contributed by atoms with Gasteiger partial charge in [-0.1, -0.05) is 0 Å². The van der Waals surface area contributed by atoms with Gasteiger partial charge in [0.2, 0.25) is 11.8 Å². The molecule has 1 aliphatic rings. The third-order valence-electron chi connectivity index (χ3n) is 5.58. The Labute approximate surface area is 180 Å². The maximum atomic E-state index is 13.6. The molecule has 0 aliphatic carbocycles. The van der Waals surface area contributed by atoms with Crippen molar-refractivity contribution >= 4 is 22.7 Å². The predicted molar refractivity (Wildman–Crippen MR) is 115 cm³/mol. The van der Waals surface area contributed by atoms with Gasteiger partial charge >= 0.3 is 0 Å². The zero-order valence-corrected chi connectivity index (χ0v) is 18.0. The Morgan fingerprint density at radius 2 is 2.16 bits per heavy atom. The highest BCUT2D eigenvalue weighted by molar-refractivity contribution is 5.86. The smallest absolute Gasteiger partial charge is 0.237 e. The van der Waals surface area contributed by atoms with E-state index in [2.05, 4.69) is 15.4 Å². The molecule has 1 atom stereocenters. The van der Waals surface area contributed by atoms with Crippen LogP contribution in [0.25, 0.3) is 10.9 Å². The average Bonchev–Trinajstić information content (AvgIpc) is 3.28. The minimum Gasteiger partial charge on any atom is -0.361 e. The summed E-state index contributed by atoms with van der Waals surface area (Å²) in [6.45, 7) is 1.47. The predicted octanol–water partition coefficient (Wildman–Crippen LogP) is 1.39. The van der Waals surface area contributed by atoms with Crippen LogP contribution in [0.4, 0.5) is 4.39 Å². The van der Waals surface area contributed by atoms with E-state index in [1.54, 1.807) is 15.6 Å². The van der Waals surface area contributed by atoms with Crippen molar-refractivity contribution in [2.24, 2.45) is 7.05 Å². The third-order valence-corrected chi connectivity index (χ3v) is 5.58. The van der Waals surface area contributed by atoms with Crippen LogP contribution in [0.5, 0.6) is 0 Å². The molecule has 2 N–H and O–H groups in total. The Kier molecular flexibility index (Phi) is 5.77. The van der Waals surface area contributed by atoms with Crippen LogP contribution in [0.2, 0.25) is 0 Å². The third kappa shape index (κ3) is 4.46. The van der Waals surface area contributed by atoms with Gasteiger partial charge in [0, 0.05) is 55.5 Å². The van der Waals surface area contributed by atoms with Crippen molar-refractivity contribution in [3.63, 3.8) is 0 Å². The second kappa shape index (κ2) is 8.50. The van der Waals surface area contributed by atoms with E-state index in [1.165, 1.54) is 12.1 Å². The lowest BCUT2D eigenvalue weighted by Crippen LogP contribution is -2.46. The molecule has 0 unspecified atom stereocenters. The van der Waals surface area contributed by atoms with Gasteiger partial charge in [-0.2, -0.15) is 5.10 Å². The molecule has 0 radical (unpaired) electrons. The van der Waals surface area contributed by atoms with E-state index >= 15 is 0 Å². The standard InChI is InChI=1S/C22H27FN6O2/c1-27(2)13-20(30)29-11-15-10-28(3)26-21(15)18(12-29)22(31)24-7-6-14-9-25-19-5-4-16(23)8-17(14)19/h4-5,8-10,18,25H,6-7,11-13H2,1-3H3,(H,24,31)/t18-/m1/s1. The molecule has 31 heavy (non-hydrogen) atoms. The SMILES string of the molecule is CN(C)CC(=O)N1Cc2cn(C)nc2[C@H](C(=O)NCCc2c[nH]c3ccc(F)cc23)C1. The Morgan fingerprint density at radius 3 is 2.94 bits per heavy atom. The summed E-state index contributed by atoms with van der Waals surface area (Å²) in [4.78, 5) is 32.3. The van der Waals surface area contributed by atoms with Crippen LogP contribution in [-0.2, 0) is 29.6 Å². The summed E-state index contributed by atoms with van der Waals surface area (Å²) >= 11 is 0. The maximum Gasteiger partial charge on any atom is 0.237 e. The monoisotopic (exact) mass is 426 g/mol. The number of aryl methyl sites for hydroxylation is 1. The van der Waals surface area contributed by atoms with Crippen LogP contribution in [0.3, 0.4) is 0 Å². The van der Waals surface area contributed by atoms with Gasteiger partial charge in [-0.25, -0.2) is 4.39 Å². The normalized spacial score (nSPS) is 16.0. The first-order valence-corrected chi connectivity index (χ1v) is 10.3. The molecule has 8 nitrogen and oxygen atoms in total. The Hall–Kier alpha value is -3.20. The quantitative estimate of drug-likeness (QED) is 0.624. The highest BCUT2D eigenvalue weighted by Gasteiger charge is 2.35. The number of rotatable bonds is 6. The number of aromatic nitrogens is 3. The molecule has 9 heteroatoms. The molecule has 3 aromatic rings. The summed E-state index contributed by atoms with van der Waals surface area (Å²) < 4.78 is 15.3. The number of hydrogen-bond donors (Lipinski definition) is 2. The number of nitrogens with one attached hydrogen (secondary N) is 2. The van der Waals surface area contributed by atoms with Gasteiger partial charge in [-0.05, 0) is 44.3 Å². The first-order chi connectivity index (χ1) is 14.8. The lowest BCUT2D eigenvalue weighted by molar-refractivity contribution is -0.134. The number of hydrogen-bond acceptors (Lipinski definition) is 4. The van der Waals surface area contributed by atoms with E-state index in [9.17, 15) is 14.0 Å². The number of halogens is 1. The van der Waals surface area contributed by atoms with Crippen LogP contribution in [0, 0.1) is 5.82 Å². The van der Waals surface area contributed by atoms with Crippen molar-refractivity contribution in [1.82, 2.24) is 29.9 Å². The van der Waals surface area contributed by atoms with Crippen molar-refractivity contribution in [1.29, 1.82) is 0 Å². The second-order valence-electron chi connectivity index (χ2n) is 8.32. The van der Waals surface area contributed by atoms with Gasteiger partial charge in [0.15, 0.2) is 0 Å². The second-order valence-corrected chi connectivity index (χ2v) is 8.32. The first kappa shape index (κ1) is 21.0. The fourth-order valence-corrected chi connectivity index (χ4v) is 4.12. The van der Waals surface area contributed by atoms with Gasteiger partial charge in [0.05, 0.1) is 18.2 Å². The van der Waals surface area contributed by atoms with Crippen molar-refractivity contribution in [2.45, 2.75) is 18.9 Å². The van der Waals surface area contributed by atoms with Gasteiger partial charge in [-0.3, -0.25) is 14.3 Å². The Bertz CT molecular complexity index is 1120. The molecule has 0 saturated heterocycles. The Balaban J connectivity index is 1.45. The number of carbonyl (C=O) groups excluding carboxylic acids is 2. The van der Waals surface area contributed by atoms with Crippen molar-refractivity contribution in [3.8, 4) is 0 Å². The molecule has 1 aromatic carbocycles. The largest absolute Gasteiger partial charge is 0.361 e. The molecule has 164 valence electrons. The number of carbonyl (C=O) groups is 2. The molecule has 2 aromatic heterocycles. The molecule has 3 heterocycles. The molecular weight excluding hydrogens is 399 g/mol. The molecule has 0 bridgehead atoms. The van der Waals surface area contributed by atoms with Crippen LogP contribution in [0.15, 0.2) is 30.6 Å². The molecule has 1 aliphatic heterocycles. The van der Waals surface area contributed by atoms with Crippen molar-refractivity contribution in [3.05, 3.63) is 53.2 Å². The minimum absolute atomic E-state index is 0.0156. The number of H-pyrrole nitrogens is 1. The van der Waals surface area contributed by atoms with Crippen molar-refractivity contribution < 1.29 is 14.0 Å². The first-order valence-electron chi connectivity index (χ1n) is 10.3. The number of benzene rings is 1. The van der Waals surface area contributed by atoms with E-state index in [0.29, 0.717) is 32.6 Å². The van der Waals surface area contributed by atoms with E-state index in [4.69, 9.17) is 0 Å². The number of nitrogens with zero attached hydrogens (tertiary/aromatic N) is 4. The van der Waals surface area contributed by atoms with Crippen molar-refractivity contribution in [2.75, 3.05) is 33.7 Å². The summed E-state index contributed by atoms with van der Waals surface area (Å²) in [5.74, 6) is -0.979. The van der Waals surface area contributed by atoms with E-state index in [0.717, 1.165) is 27.7 Å². The zero-order valence-electron chi connectivity index (χ0n) is 18.0. The zero-order chi connectivity index (χ0) is 22.1. The lowest BCUT2D eigenvalue weighted by atomic mass is 9.95. The Morgan fingerprint density at radius 1 is 1.35 bits per heavy atom. The molecule has 2 amide bonds. The van der Waals surface area contributed by atoms with Crippen LogP contribution < -0.4 is 5.32 Å². The number of likely N-dealkylation sites (N-methyl/N-ethyl adjacent to an activating group) is 1. The summed E-state index contributed by atoms with van der Waals surface area (Å²) in [7, 11) is 5.51. The minimum atomic E-state index is -0.517. The van der Waals surface area contributed by atoms with E-state index in [1.807, 2.05) is 38.4 Å². The lowest BCUT2D eigenvalue weighted by Gasteiger charge is -2.32. The number of aromatic amines is 1. The van der Waals surface area contributed by atoms with Gasteiger partial charge in [0.25, 0.3) is 0 Å². The van der Waals surface area contributed by atoms with Crippen LogP contribution >= 0.6 is 0 Å². The molecule has 0 spiro atoms. The number of fused-ring (bicyclic) bond motifs is 2. The average molecular weight is 426 g/mol. The summed E-state index contributed by atoms with van der Waals surface area (Å²) in [6, 6.07) is 4.62.